The number of nitrogens with zero attached hydrogens (tertiary/aromatic N) is 5. The van der Waals surface area contributed by atoms with E-state index in [1.54, 1.807) is 6.33 Å². The maximum atomic E-state index is 6.36. The van der Waals surface area contributed by atoms with Crippen LogP contribution in [-0.4, -0.2) is 45.9 Å². The number of halogens is 2. The Labute approximate surface area is 191 Å². The van der Waals surface area contributed by atoms with Crippen molar-refractivity contribution in [3.8, 4) is 0 Å². The smallest absolute Gasteiger partial charge is 0.163 e. The van der Waals surface area contributed by atoms with Gasteiger partial charge in [-0.1, -0.05) is 59.6 Å². The minimum absolute atomic E-state index is 0.675. The number of hydrogen-bond donors (Lipinski definition) is 1. The van der Waals surface area contributed by atoms with Gasteiger partial charge in [-0.2, -0.15) is 5.10 Å². The second kappa shape index (κ2) is 8.83. The zero-order valence-corrected chi connectivity index (χ0v) is 18.5. The Bertz CT molecular complexity index is 1190. The van der Waals surface area contributed by atoms with Crippen molar-refractivity contribution in [3.63, 3.8) is 0 Å². The van der Waals surface area contributed by atoms with E-state index in [0.717, 1.165) is 60.2 Å². The summed E-state index contributed by atoms with van der Waals surface area (Å²) in [5, 5.41) is 7.01. The zero-order valence-electron chi connectivity index (χ0n) is 17.0. The third-order valence-corrected chi connectivity index (χ3v) is 6.40. The minimum Gasteiger partial charge on any atom is -0.345 e. The molecule has 1 fully saturated rings. The largest absolute Gasteiger partial charge is 0.345 e. The lowest BCUT2D eigenvalue weighted by Gasteiger charge is -2.33. The molecule has 0 bridgehead atoms. The van der Waals surface area contributed by atoms with Crippen molar-refractivity contribution in [2.24, 2.45) is 0 Å². The van der Waals surface area contributed by atoms with E-state index in [-0.39, 0.29) is 0 Å². The second-order valence-corrected chi connectivity index (χ2v) is 8.72. The highest BCUT2D eigenvalue weighted by Crippen LogP contribution is 2.24. The van der Waals surface area contributed by atoms with Crippen LogP contribution in [0.25, 0.3) is 11.0 Å². The topological polar surface area (TPSA) is 51.3 Å². The van der Waals surface area contributed by atoms with Crippen molar-refractivity contribution in [1.29, 1.82) is 0 Å². The van der Waals surface area contributed by atoms with Gasteiger partial charge in [0.1, 0.15) is 18.7 Å². The van der Waals surface area contributed by atoms with Gasteiger partial charge in [0.15, 0.2) is 5.65 Å². The van der Waals surface area contributed by atoms with Crippen LogP contribution in [0.3, 0.4) is 0 Å². The first-order valence-corrected chi connectivity index (χ1v) is 11.2. The van der Waals surface area contributed by atoms with Crippen LogP contribution in [0.4, 0.5) is 5.82 Å². The summed E-state index contributed by atoms with van der Waals surface area (Å²) in [4.78, 5) is 13.0. The molecule has 0 saturated carbocycles. The van der Waals surface area contributed by atoms with E-state index in [0.29, 0.717) is 11.6 Å². The third kappa shape index (κ3) is 4.37. The van der Waals surface area contributed by atoms with E-state index in [2.05, 4.69) is 32.1 Å². The molecule has 5 rings (SSSR count). The first-order valence-electron chi connectivity index (χ1n) is 10.4. The Kier molecular flexibility index (Phi) is 5.76. The predicted molar refractivity (Wildman–Crippen MR) is 124 cm³/mol. The number of anilines is 1. The van der Waals surface area contributed by atoms with Gasteiger partial charge in [-0.15, -0.1) is 0 Å². The van der Waals surface area contributed by atoms with E-state index in [9.17, 15) is 0 Å². The summed E-state index contributed by atoms with van der Waals surface area (Å²) in [5.41, 5.74) is 3.21. The van der Waals surface area contributed by atoms with Crippen molar-refractivity contribution in [2.45, 2.75) is 13.1 Å². The van der Waals surface area contributed by atoms with Crippen molar-refractivity contribution in [3.05, 3.63) is 82.2 Å². The molecule has 158 valence electrons. The molecule has 3 heterocycles. The lowest BCUT2D eigenvalue weighted by atomic mass is 10.2. The van der Waals surface area contributed by atoms with Crippen molar-refractivity contribution in [2.75, 3.05) is 31.1 Å². The molecule has 0 spiro atoms. The van der Waals surface area contributed by atoms with Gasteiger partial charge >= 0.3 is 0 Å². The Morgan fingerprint density at radius 2 is 1.77 bits per heavy atom. The molecule has 1 N–H and O–H groups in total. The highest BCUT2D eigenvalue weighted by atomic mass is 35.5. The molecule has 0 amide bonds. The van der Waals surface area contributed by atoms with Gasteiger partial charge in [-0.25, -0.2) is 14.6 Å². The first kappa shape index (κ1) is 20.2. The molecular formula is C23H23Cl2N6+. The van der Waals surface area contributed by atoms with E-state index >= 15 is 0 Å². The van der Waals surface area contributed by atoms with E-state index < -0.39 is 0 Å². The summed E-state index contributed by atoms with van der Waals surface area (Å²) in [6.45, 7) is 5.48. The molecule has 0 atom stereocenters. The van der Waals surface area contributed by atoms with E-state index in [4.69, 9.17) is 23.2 Å². The standard InChI is InChI=1S/C23H22Cl2N6/c24-19-7-6-18(21(25)12-19)15-29-8-10-30(11-9-29)22-20-13-28-31(23(20)27-16-26-22)14-17-4-2-1-3-5-17/h1-7,12-13,16H,8-11,14-15H2/p+1. The third-order valence-electron chi connectivity index (χ3n) is 5.81. The van der Waals surface area contributed by atoms with Crippen LogP contribution >= 0.6 is 23.2 Å². The molecule has 8 heteroatoms. The quantitative estimate of drug-likeness (QED) is 0.504. The highest BCUT2D eigenvalue weighted by molar-refractivity contribution is 6.35. The number of rotatable bonds is 5. The molecule has 0 unspecified atom stereocenters. The maximum Gasteiger partial charge on any atom is 0.163 e. The maximum absolute atomic E-state index is 6.36. The van der Waals surface area contributed by atoms with Gasteiger partial charge in [-0.3, -0.25) is 0 Å². The molecule has 1 aliphatic heterocycles. The normalized spacial score (nSPS) is 15.0. The van der Waals surface area contributed by atoms with Gasteiger partial charge in [0.05, 0.1) is 49.3 Å². The molecule has 0 aliphatic carbocycles. The van der Waals surface area contributed by atoms with Gasteiger partial charge < -0.3 is 9.80 Å². The van der Waals surface area contributed by atoms with Crippen LogP contribution in [-0.2, 0) is 13.1 Å². The highest BCUT2D eigenvalue weighted by Gasteiger charge is 2.24. The number of aromatic nitrogens is 4. The van der Waals surface area contributed by atoms with Crippen LogP contribution < -0.4 is 9.80 Å². The molecule has 6 nitrogen and oxygen atoms in total. The van der Waals surface area contributed by atoms with Gasteiger partial charge in [0, 0.05) is 10.6 Å². The Morgan fingerprint density at radius 1 is 0.968 bits per heavy atom. The van der Waals surface area contributed by atoms with Crippen LogP contribution in [0, 0.1) is 0 Å². The number of piperazine rings is 1. The van der Waals surface area contributed by atoms with E-state index in [1.165, 1.54) is 10.5 Å². The number of nitrogens with one attached hydrogen (secondary N) is 1. The summed E-state index contributed by atoms with van der Waals surface area (Å²) >= 11 is 12.4. The molecule has 2 aromatic heterocycles. The Balaban J connectivity index is 1.29. The van der Waals surface area contributed by atoms with Gasteiger partial charge in [0.25, 0.3) is 0 Å². The molecule has 4 aromatic rings. The van der Waals surface area contributed by atoms with Gasteiger partial charge in [-0.05, 0) is 17.7 Å². The average molecular weight is 454 g/mol. The molecule has 31 heavy (non-hydrogen) atoms. The fourth-order valence-corrected chi connectivity index (χ4v) is 4.63. The summed E-state index contributed by atoms with van der Waals surface area (Å²) in [7, 11) is 0. The summed E-state index contributed by atoms with van der Waals surface area (Å²) < 4.78 is 1.94. The summed E-state index contributed by atoms with van der Waals surface area (Å²) in [5.74, 6) is 0.966. The van der Waals surface area contributed by atoms with E-state index in [1.807, 2.05) is 47.3 Å². The molecule has 0 radical (unpaired) electrons. The minimum atomic E-state index is 0.675. The lowest BCUT2D eigenvalue weighted by Crippen LogP contribution is -3.13. The summed E-state index contributed by atoms with van der Waals surface area (Å²) in [6.07, 6.45) is 3.54. The monoisotopic (exact) mass is 453 g/mol. The fraction of sp³-hybridized carbons (Fsp3) is 0.261. The number of benzene rings is 2. The number of fused-ring (bicyclic) bond motifs is 1. The first-order chi connectivity index (χ1) is 15.2. The second-order valence-electron chi connectivity index (χ2n) is 7.87. The SMILES string of the molecule is Clc1ccc(C[NH+]2CCN(c3ncnc4c3cnn4Cc3ccccc3)CC2)c(Cl)c1. The van der Waals surface area contributed by atoms with Crippen molar-refractivity contribution >= 4 is 40.1 Å². The zero-order chi connectivity index (χ0) is 21.2. The van der Waals surface area contributed by atoms with Crippen molar-refractivity contribution < 1.29 is 4.90 Å². The molecule has 1 saturated heterocycles. The van der Waals surface area contributed by atoms with Crippen LogP contribution in [0.15, 0.2) is 61.1 Å². The van der Waals surface area contributed by atoms with Crippen LogP contribution in [0.1, 0.15) is 11.1 Å². The molecule has 1 aliphatic rings. The Hall–Kier alpha value is -2.67. The lowest BCUT2D eigenvalue weighted by molar-refractivity contribution is -0.914. The summed E-state index contributed by atoms with van der Waals surface area (Å²) in [6, 6.07) is 16.1. The molecular weight excluding hydrogens is 431 g/mol. The predicted octanol–water partition coefficient (Wildman–Crippen LogP) is 3.09. The number of hydrogen-bond acceptors (Lipinski definition) is 4. The fourth-order valence-electron chi connectivity index (χ4n) is 4.15. The van der Waals surface area contributed by atoms with Gasteiger partial charge in [0.2, 0.25) is 0 Å². The van der Waals surface area contributed by atoms with Crippen LogP contribution in [0.5, 0.6) is 0 Å². The molecule has 2 aromatic carbocycles. The van der Waals surface area contributed by atoms with Crippen LogP contribution in [0.2, 0.25) is 10.0 Å². The number of quaternary nitrogens is 1. The Morgan fingerprint density at radius 3 is 2.55 bits per heavy atom. The van der Waals surface area contributed by atoms with Crippen molar-refractivity contribution in [1.82, 2.24) is 19.7 Å². The average Bonchev–Trinajstić information content (AvgIpc) is 3.20.